The zero-order valence-electron chi connectivity index (χ0n) is 19.9. The van der Waals surface area contributed by atoms with E-state index in [1.54, 1.807) is 0 Å². The van der Waals surface area contributed by atoms with Gasteiger partial charge in [-0.1, -0.05) is 80.6 Å². The van der Waals surface area contributed by atoms with Crippen LogP contribution in [-0.4, -0.2) is 4.98 Å². The van der Waals surface area contributed by atoms with E-state index in [0.29, 0.717) is 5.92 Å². The smallest absolute Gasteiger partial charge is 0.138 e. The molecule has 0 bridgehead atoms. The molecule has 2 nitrogen and oxygen atoms in total. The van der Waals surface area contributed by atoms with Gasteiger partial charge in [-0.2, -0.15) is 0 Å². The molecule has 2 heteroatoms. The third-order valence-electron chi connectivity index (χ3n) is 7.12. The molecule has 7 aromatic rings. The Morgan fingerprint density at radius 2 is 1.37 bits per heavy atom. The van der Waals surface area contributed by atoms with Gasteiger partial charge in [-0.25, -0.2) is 0 Å². The van der Waals surface area contributed by atoms with E-state index in [4.69, 9.17) is 9.40 Å². The lowest BCUT2D eigenvalue weighted by Gasteiger charge is -2.13. The van der Waals surface area contributed by atoms with Gasteiger partial charge in [-0.05, 0) is 69.1 Å². The summed E-state index contributed by atoms with van der Waals surface area (Å²) < 4.78 is 6.34. The maximum absolute atomic E-state index is 6.34. The molecule has 0 amide bonds. The van der Waals surface area contributed by atoms with Crippen molar-refractivity contribution in [2.24, 2.45) is 5.92 Å². The molecule has 0 unspecified atom stereocenters. The van der Waals surface area contributed by atoms with Crippen molar-refractivity contribution in [1.29, 1.82) is 0 Å². The lowest BCUT2D eigenvalue weighted by molar-refractivity contribution is 0.624. The van der Waals surface area contributed by atoms with E-state index in [2.05, 4.69) is 98.8 Å². The molecule has 0 aliphatic rings. The van der Waals surface area contributed by atoms with Crippen molar-refractivity contribution in [1.82, 2.24) is 4.98 Å². The summed E-state index contributed by atoms with van der Waals surface area (Å²) in [6, 6.07) is 32.6. The summed E-state index contributed by atoms with van der Waals surface area (Å²) in [4.78, 5) is 4.91. The van der Waals surface area contributed by atoms with E-state index in [-0.39, 0.29) is 0 Å². The average molecular weight is 452 g/mol. The maximum atomic E-state index is 6.34. The van der Waals surface area contributed by atoms with Crippen LogP contribution in [0.15, 0.2) is 102 Å². The lowest BCUT2D eigenvalue weighted by atomic mass is 9.93. The van der Waals surface area contributed by atoms with Crippen molar-refractivity contribution in [3.8, 4) is 11.3 Å². The number of rotatable bonds is 3. The highest BCUT2D eigenvalue weighted by atomic mass is 16.3. The quantitative estimate of drug-likeness (QED) is 0.250. The first kappa shape index (κ1) is 20.2. The normalized spacial score (nSPS) is 12.1. The van der Waals surface area contributed by atoms with Crippen molar-refractivity contribution >= 4 is 54.3 Å². The monoisotopic (exact) mass is 451 g/mol. The van der Waals surface area contributed by atoms with Crippen molar-refractivity contribution in [3.63, 3.8) is 0 Å². The van der Waals surface area contributed by atoms with Crippen molar-refractivity contribution in [2.45, 2.75) is 20.3 Å². The van der Waals surface area contributed by atoms with E-state index >= 15 is 0 Å². The van der Waals surface area contributed by atoms with E-state index in [9.17, 15) is 0 Å². The summed E-state index contributed by atoms with van der Waals surface area (Å²) >= 11 is 0. The number of hydrogen-bond donors (Lipinski definition) is 0. The molecule has 0 saturated carbocycles. The van der Waals surface area contributed by atoms with E-state index in [1.807, 2.05) is 12.3 Å². The Bertz CT molecular complexity index is 1910. The van der Waals surface area contributed by atoms with Crippen LogP contribution in [0.25, 0.3) is 65.5 Å². The second-order valence-electron chi connectivity index (χ2n) is 9.91. The highest BCUT2D eigenvalue weighted by Gasteiger charge is 2.17. The maximum Gasteiger partial charge on any atom is 0.138 e. The van der Waals surface area contributed by atoms with E-state index in [1.165, 1.54) is 43.3 Å². The minimum atomic E-state index is 0.527. The molecule has 0 N–H and O–H groups in total. The standard InChI is InChI=1S/C33H25NO/c1-20(2)17-23-18-22(19-30-28-9-5-6-10-31(28)35-33(23)30)32-29-14-13-25-24-8-4-3-7-21(24)11-12-26(25)27(29)15-16-34-32/h3-16,18-20H,17H2,1-2H3. The number of benzene rings is 5. The molecule has 168 valence electrons. The Kier molecular flexibility index (Phi) is 4.44. The molecule has 2 heterocycles. The average Bonchev–Trinajstić information content (AvgIpc) is 3.27. The Labute approximate surface area is 203 Å². The number of aromatic nitrogens is 1. The van der Waals surface area contributed by atoms with Crippen LogP contribution in [0.3, 0.4) is 0 Å². The van der Waals surface area contributed by atoms with Crippen LogP contribution in [0.2, 0.25) is 0 Å². The molecule has 2 aromatic heterocycles. The zero-order chi connectivity index (χ0) is 23.5. The number of pyridine rings is 1. The molecular weight excluding hydrogens is 426 g/mol. The second kappa shape index (κ2) is 7.68. The van der Waals surface area contributed by atoms with Crippen LogP contribution in [0.1, 0.15) is 19.4 Å². The topological polar surface area (TPSA) is 26.0 Å². The van der Waals surface area contributed by atoms with E-state index in [0.717, 1.165) is 34.2 Å². The molecule has 0 fully saturated rings. The lowest BCUT2D eigenvalue weighted by Crippen LogP contribution is -1.96. The van der Waals surface area contributed by atoms with Crippen LogP contribution in [0, 0.1) is 5.92 Å². The Hall–Kier alpha value is -4.17. The summed E-state index contributed by atoms with van der Waals surface area (Å²) in [5, 5.41) is 9.84. The molecule has 0 radical (unpaired) electrons. The number of nitrogens with zero attached hydrogens (tertiary/aromatic N) is 1. The van der Waals surface area contributed by atoms with Gasteiger partial charge in [0, 0.05) is 27.9 Å². The SMILES string of the molecule is CC(C)Cc1cc(-c2nccc3c2ccc2c4ccccc4ccc32)cc2c1oc1ccccc12. The first-order chi connectivity index (χ1) is 17.2. The van der Waals surface area contributed by atoms with Crippen molar-refractivity contribution in [3.05, 3.63) is 103 Å². The molecule has 35 heavy (non-hydrogen) atoms. The predicted molar refractivity (Wildman–Crippen MR) is 148 cm³/mol. The fraction of sp³-hybridized carbons (Fsp3) is 0.121. The number of para-hydroxylation sites is 1. The summed E-state index contributed by atoms with van der Waals surface area (Å²) in [6.45, 7) is 4.52. The predicted octanol–water partition coefficient (Wildman–Crippen LogP) is 9.31. The second-order valence-corrected chi connectivity index (χ2v) is 9.91. The van der Waals surface area contributed by atoms with Gasteiger partial charge < -0.3 is 4.42 Å². The Morgan fingerprint density at radius 1 is 0.657 bits per heavy atom. The number of hydrogen-bond acceptors (Lipinski definition) is 2. The Morgan fingerprint density at radius 3 is 2.26 bits per heavy atom. The highest BCUT2D eigenvalue weighted by Crippen LogP contribution is 2.39. The van der Waals surface area contributed by atoms with Crippen molar-refractivity contribution in [2.75, 3.05) is 0 Å². The number of furan rings is 1. The fourth-order valence-electron chi connectivity index (χ4n) is 5.61. The van der Waals surface area contributed by atoms with E-state index < -0.39 is 0 Å². The van der Waals surface area contributed by atoms with Gasteiger partial charge in [-0.15, -0.1) is 0 Å². The summed E-state index contributed by atoms with van der Waals surface area (Å²) in [7, 11) is 0. The molecule has 5 aromatic carbocycles. The summed E-state index contributed by atoms with van der Waals surface area (Å²) in [5.41, 5.74) is 5.35. The van der Waals surface area contributed by atoms with Crippen LogP contribution in [0.4, 0.5) is 0 Å². The van der Waals surface area contributed by atoms with Gasteiger partial charge in [0.25, 0.3) is 0 Å². The van der Waals surface area contributed by atoms with Crippen LogP contribution in [-0.2, 0) is 6.42 Å². The molecule has 7 rings (SSSR count). The molecule has 0 aliphatic heterocycles. The van der Waals surface area contributed by atoms with Gasteiger partial charge in [0.2, 0.25) is 0 Å². The largest absolute Gasteiger partial charge is 0.456 e. The van der Waals surface area contributed by atoms with Gasteiger partial charge in [0.1, 0.15) is 11.2 Å². The fourth-order valence-corrected chi connectivity index (χ4v) is 5.61. The van der Waals surface area contributed by atoms with Crippen LogP contribution < -0.4 is 0 Å². The van der Waals surface area contributed by atoms with Crippen molar-refractivity contribution < 1.29 is 4.42 Å². The summed E-state index contributed by atoms with van der Waals surface area (Å²) in [5.74, 6) is 0.527. The molecule has 0 aliphatic carbocycles. The zero-order valence-corrected chi connectivity index (χ0v) is 19.9. The van der Waals surface area contributed by atoms with Crippen LogP contribution >= 0.6 is 0 Å². The molecule has 0 atom stereocenters. The third kappa shape index (κ3) is 3.14. The minimum absolute atomic E-state index is 0.527. The van der Waals surface area contributed by atoms with Crippen LogP contribution in [0.5, 0.6) is 0 Å². The third-order valence-corrected chi connectivity index (χ3v) is 7.12. The first-order valence-corrected chi connectivity index (χ1v) is 12.3. The number of fused-ring (bicyclic) bond motifs is 8. The van der Waals surface area contributed by atoms with Gasteiger partial charge in [0.05, 0.1) is 5.69 Å². The molecular formula is C33H25NO. The highest BCUT2D eigenvalue weighted by molar-refractivity contribution is 6.19. The Balaban J connectivity index is 1.53. The summed E-state index contributed by atoms with van der Waals surface area (Å²) in [6.07, 6.45) is 2.91. The molecule has 0 spiro atoms. The van der Waals surface area contributed by atoms with Gasteiger partial charge in [0.15, 0.2) is 0 Å². The van der Waals surface area contributed by atoms with Gasteiger partial charge in [-0.3, -0.25) is 4.98 Å². The first-order valence-electron chi connectivity index (χ1n) is 12.3. The van der Waals surface area contributed by atoms with Gasteiger partial charge >= 0.3 is 0 Å². The molecule has 0 saturated heterocycles. The minimum Gasteiger partial charge on any atom is -0.456 e.